The Kier molecular flexibility index (Phi) is 8.33. The van der Waals surface area contributed by atoms with Crippen LogP contribution in [0.1, 0.15) is 0 Å². The predicted octanol–water partition coefficient (Wildman–Crippen LogP) is 0.264. The van der Waals surface area contributed by atoms with Gasteiger partial charge in [0.1, 0.15) is 18.3 Å². The Labute approximate surface area is 76.8 Å². The van der Waals surface area contributed by atoms with Crippen molar-refractivity contribution in [3.8, 4) is 11.5 Å². The summed E-state index contributed by atoms with van der Waals surface area (Å²) >= 11 is 0. The molecule has 1 rings (SSSR count). The van der Waals surface area contributed by atoms with Gasteiger partial charge in [-0.05, 0) is 12.1 Å². The molecule has 0 aliphatic rings. The summed E-state index contributed by atoms with van der Waals surface area (Å²) in [6.45, 7) is 2.00. The quantitative estimate of drug-likeness (QED) is 0.519. The number of hydrogen-bond acceptors (Lipinski definition) is 3. The Hall–Kier alpha value is -0.913. The van der Waals surface area contributed by atoms with Crippen LogP contribution in [0.3, 0.4) is 0 Å². The van der Waals surface area contributed by atoms with Crippen molar-refractivity contribution in [2.24, 2.45) is 0 Å². The van der Waals surface area contributed by atoms with Gasteiger partial charge in [-0.25, -0.2) is 0 Å². The third-order valence-electron chi connectivity index (χ3n) is 0.830. The van der Waals surface area contributed by atoms with Gasteiger partial charge in [-0.2, -0.15) is 0 Å². The molecule has 0 aliphatic heterocycles. The van der Waals surface area contributed by atoms with Gasteiger partial charge in [0, 0.05) is 6.07 Å². The van der Waals surface area contributed by atoms with Gasteiger partial charge in [-0.1, -0.05) is 6.07 Å². The van der Waals surface area contributed by atoms with Gasteiger partial charge in [-0.15, -0.1) is 0 Å². The molecule has 0 amide bonds. The molecule has 0 bridgehead atoms. The van der Waals surface area contributed by atoms with E-state index in [-0.39, 0.29) is 30.4 Å². The van der Waals surface area contributed by atoms with Crippen molar-refractivity contribution in [3.05, 3.63) is 24.3 Å². The number of carbonyl (C=O) groups excluding carboxylic acids is 1. The Morgan fingerprint density at radius 3 is 1.64 bits per heavy atom. The summed E-state index contributed by atoms with van der Waals surface area (Å²) in [4.78, 5) is 8.00. The first kappa shape index (κ1) is 12.7. The average molecular weight is 148 g/mol. The fourth-order valence-electron chi connectivity index (χ4n) is 0.493. The van der Waals surface area contributed by atoms with E-state index in [9.17, 15) is 0 Å². The third kappa shape index (κ3) is 5.53. The summed E-state index contributed by atoms with van der Waals surface area (Å²) in [5.74, 6) is 0.176. The maximum absolute atomic E-state index is 8.65. The molecule has 1 aromatic rings. The molecule has 2 N–H and O–H groups in total. The standard InChI is InChI=1S/C6H6O2.CH2O.Li.H/c7-5-2-1-3-6(8)4-5;1-2;;/h1-4,7-8H;1H2;;. The summed E-state index contributed by atoms with van der Waals surface area (Å²) in [7, 11) is 0. The van der Waals surface area contributed by atoms with Gasteiger partial charge < -0.3 is 15.0 Å². The van der Waals surface area contributed by atoms with Crippen LogP contribution in [-0.2, 0) is 4.79 Å². The molecular formula is C7H9LiO3. The van der Waals surface area contributed by atoms with Gasteiger partial charge in [-0.3, -0.25) is 0 Å². The van der Waals surface area contributed by atoms with Crippen molar-refractivity contribution in [1.82, 2.24) is 0 Å². The molecule has 4 heteroatoms. The topological polar surface area (TPSA) is 57.5 Å². The minimum atomic E-state index is 0. The molecule has 0 aliphatic carbocycles. The molecule has 0 fully saturated rings. The van der Waals surface area contributed by atoms with Crippen LogP contribution >= 0.6 is 0 Å². The van der Waals surface area contributed by atoms with Gasteiger partial charge in [0.25, 0.3) is 0 Å². The van der Waals surface area contributed by atoms with E-state index in [2.05, 4.69) is 0 Å². The van der Waals surface area contributed by atoms with Crippen LogP contribution in [-0.4, -0.2) is 35.9 Å². The summed E-state index contributed by atoms with van der Waals surface area (Å²) in [5, 5.41) is 17.3. The third-order valence-corrected chi connectivity index (χ3v) is 0.830. The zero-order valence-corrected chi connectivity index (χ0v) is 5.32. The maximum atomic E-state index is 8.65. The van der Waals surface area contributed by atoms with Crippen LogP contribution in [0.25, 0.3) is 0 Å². The predicted molar refractivity (Wildman–Crippen MR) is 44.0 cm³/mol. The molecule has 0 atom stereocenters. The van der Waals surface area contributed by atoms with Crippen molar-refractivity contribution < 1.29 is 15.0 Å². The van der Waals surface area contributed by atoms with E-state index in [0.29, 0.717) is 0 Å². The van der Waals surface area contributed by atoms with Crippen molar-refractivity contribution >= 4 is 25.6 Å². The van der Waals surface area contributed by atoms with E-state index in [4.69, 9.17) is 15.0 Å². The van der Waals surface area contributed by atoms with Crippen LogP contribution in [0.2, 0.25) is 0 Å². The van der Waals surface area contributed by atoms with Crippen molar-refractivity contribution in [3.63, 3.8) is 0 Å². The van der Waals surface area contributed by atoms with Gasteiger partial charge in [0.2, 0.25) is 0 Å². The van der Waals surface area contributed by atoms with E-state index in [1.807, 2.05) is 6.79 Å². The second-order valence-electron chi connectivity index (χ2n) is 1.52. The molecule has 1 aromatic carbocycles. The van der Waals surface area contributed by atoms with Crippen LogP contribution in [0.4, 0.5) is 0 Å². The number of phenolic OH excluding ortho intramolecular Hbond substituents is 2. The van der Waals surface area contributed by atoms with Crippen LogP contribution in [0, 0.1) is 0 Å². The minimum absolute atomic E-state index is 0. The molecule has 0 unspecified atom stereocenters. The number of hydrogen-bond donors (Lipinski definition) is 2. The zero-order chi connectivity index (χ0) is 7.98. The van der Waals surface area contributed by atoms with E-state index >= 15 is 0 Å². The first-order valence-corrected chi connectivity index (χ1v) is 2.56. The Balaban J connectivity index is 0. The first-order chi connectivity index (χ1) is 4.79. The van der Waals surface area contributed by atoms with Crippen molar-refractivity contribution in [2.45, 2.75) is 0 Å². The fraction of sp³-hybridized carbons (Fsp3) is 0. The summed E-state index contributed by atoms with van der Waals surface area (Å²) in [6, 6.07) is 5.85. The van der Waals surface area contributed by atoms with Gasteiger partial charge in [0.15, 0.2) is 0 Å². The van der Waals surface area contributed by atoms with Crippen LogP contribution in [0.5, 0.6) is 11.5 Å². The first-order valence-electron chi connectivity index (χ1n) is 2.56. The van der Waals surface area contributed by atoms with Crippen molar-refractivity contribution in [1.29, 1.82) is 0 Å². The monoisotopic (exact) mass is 148 g/mol. The molecular weight excluding hydrogens is 139 g/mol. The molecule has 0 heterocycles. The van der Waals surface area contributed by atoms with Gasteiger partial charge >= 0.3 is 18.9 Å². The average Bonchev–Trinajstić information content (AvgIpc) is 1.91. The number of phenols is 2. The summed E-state index contributed by atoms with van der Waals surface area (Å²) < 4.78 is 0. The Morgan fingerprint density at radius 2 is 1.45 bits per heavy atom. The fourth-order valence-corrected chi connectivity index (χ4v) is 0.493. The van der Waals surface area contributed by atoms with E-state index in [1.165, 1.54) is 18.2 Å². The molecule has 0 aromatic heterocycles. The number of aromatic hydroxyl groups is 2. The molecule has 11 heavy (non-hydrogen) atoms. The number of benzene rings is 1. The Bertz CT molecular complexity index is 185. The zero-order valence-electron chi connectivity index (χ0n) is 5.32. The molecule has 0 spiro atoms. The van der Waals surface area contributed by atoms with E-state index in [1.54, 1.807) is 6.07 Å². The molecule has 0 saturated heterocycles. The molecule has 56 valence electrons. The van der Waals surface area contributed by atoms with E-state index < -0.39 is 0 Å². The number of carbonyl (C=O) groups is 1. The van der Waals surface area contributed by atoms with Gasteiger partial charge in [0.05, 0.1) is 0 Å². The summed E-state index contributed by atoms with van der Waals surface area (Å²) in [5.41, 5.74) is 0. The Morgan fingerprint density at radius 1 is 1.09 bits per heavy atom. The number of rotatable bonds is 0. The normalized spacial score (nSPS) is 6.91. The van der Waals surface area contributed by atoms with Crippen LogP contribution < -0.4 is 0 Å². The van der Waals surface area contributed by atoms with Crippen molar-refractivity contribution in [2.75, 3.05) is 0 Å². The second-order valence-corrected chi connectivity index (χ2v) is 1.52. The SMILES string of the molecule is C=O.Oc1cccc(O)c1.[LiH]. The second kappa shape index (κ2) is 7.20. The van der Waals surface area contributed by atoms with E-state index in [0.717, 1.165) is 0 Å². The summed E-state index contributed by atoms with van der Waals surface area (Å²) in [6.07, 6.45) is 0. The van der Waals surface area contributed by atoms with Crippen LogP contribution in [0.15, 0.2) is 24.3 Å². The molecule has 0 radical (unpaired) electrons. The molecule has 0 saturated carbocycles. The molecule has 3 nitrogen and oxygen atoms in total.